The van der Waals surface area contributed by atoms with Gasteiger partial charge < -0.3 is 19.7 Å². The largest absolute Gasteiger partial charge is 0.389 e. The molecule has 0 aliphatic heterocycles. The van der Waals surface area contributed by atoms with Crippen LogP contribution in [-0.2, 0) is 18.2 Å². The van der Waals surface area contributed by atoms with Crippen molar-refractivity contribution < 1.29 is 9.84 Å². The van der Waals surface area contributed by atoms with Crippen molar-refractivity contribution >= 4 is 0 Å². The Bertz CT molecular complexity index is 315. The molecule has 0 radical (unpaired) electrons. The van der Waals surface area contributed by atoms with Crippen LogP contribution in [0.5, 0.6) is 0 Å². The fraction of sp³-hybridized carbons (Fsp3) is 0.769. The van der Waals surface area contributed by atoms with E-state index in [0.29, 0.717) is 13.2 Å². The Morgan fingerprint density at radius 2 is 2.39 bits per heavy atom. The van der Waals surface area contributed by atoms with Gasteiger partial charge in [-0.15, -0.1) is 0 Å². The van der Waals surface area contributed by atoms with Crippen LogP contribution in [0.1, 0.15) is 25.6 Å². The van der Waals surface area contributed by atoms with E-state index >= 15 is 0 Å². The Balaban J connectivity index is 1.98. The molecule has 2 N–H and O–H groups in total. The number of aromatic nitrogens is 2. The first-order chi connectivity index (χ1) is 8.74. The molecule has 0 spiro atoms. The molecule has 1 unspecified atom stereocenters. The Labute approximate surface area is 109 Å². The molecule has 1 atom stereocenters. The number of nitrogens with zero attached hydrogens (tertiary/aromatic N) is 2. The zero-order valence-electron chi connectivity index (χ0n) is 11.4. The van der Waals surface area contributed by atoms with Crippen LogP contribution in [0.15, 0.2) is 12.4 Å². The van der Waals surface area contributed by atoms with E-state index in [4.69, 9.17) is 4.74 Å². The summed E-state index contributed by atoms with van der Waals surface area (Å²) in [5.41, 5.74) is 0. The molecule has 1 heterocycles. The first-order valence-corrected chi connectivity index (χ1v) is 6.66. The third kappa shape index (κ3) is 6.14. The predicted molar refractivity (Wildman–Crippen MR) is 71.5 cm³/mol. The molecule has 0 aromatic carbocycles. The van der Waals surface area contributed by atoms with Gasteiger partial charge >= 0.3 is 0 Å². The van der Waals surface area contributed by atoms with Crippen LogP contribution in [0.3, 0.4) is 0 Å². The quantitative estimate of drug-likeness (QED) is 0.605. The Morgan fingerprint density at radius 3 is 3.06 bits per heavy atom. The van der Waals surface area contributed by atoms with Crippen LogP contribution in [0.2, 0.25) is 0 Å². The van der Waals surface area contributed by atoms with Gasteiger partial charge in [-0.25, -0.2) is 4.98 Å². The second kappa shape index (κ2) is 9.08. The van der Waals surface area contributed by atoms with E-state index in [1.165, 1.54) is 0 Å². The number of rotatable bonds is 10. The van der Waals surface area contributed by atoms with Crippen LogP contribution in [0.25, 0.3) is 0 Å². The minimum atomic E-state index is -0.428. The van der Waals surface area contributed by atoms with Crippen LogP contribution in [0.4, 0.5) is 0 Å². The van der Waals surface area contributed by atoms with Gasteiger partial charge in [0, 0.05) is 45.6 Å². The van der Waals surface area contributed by atoms with Crippen molar-refractivity contribution in [2.75, 3.05) is 26.3 Å². The lowest BCUT2D eigenvalue weighted by Gasteiger charge is -2.12. The summed E-state index contributed by atoms with van der Waals surface area (Å²) in [4.78, 5) is 4.24. The molecular formula is C13H25N3O2. The average Bonchev–Trinajstić information content (AvgIpc) is 2.76. The maximum Gasteiger partial charge on any atom is 0.109 e. The van der Waals surface area contributed by atoms with E-state index in [2.05, 4.69) is 17.2 Å². The zero-order chi connectivity index (χ0) is 13.2. The molecule has 0 bridgehead atoms. The van der Waals surface area contributed by atoms with E-state index in [1.54, 1.807) is 6.20 Å². The topological polar surface area (TPSA) is 59.3 Å². The number of ether oxygens (including phenoxy) is 1. The lowest BCUT2D eigenvalue weighted by Crippen LogP contribution is -2.32. The predicted octanol–water partition coefficient (Wildman–Crippen LogP) is 0.730. The molecule has 1 rings (SSSR count). The number of aryl methyl sites for hydroxylation is 1. The lowest BCUT2D eigenvalue weighted by atomic mass is 10.3. The van der Waals surface area contributed by atoms with Gasteiger partial charge in [0.2, 0.25) is 0 Å². The molecule has 0 aliphatic rings. The van der Waals surface area contributed by atoms with Crippen molar-refractivity contribution in [3.8, 4) is 0 Å². The van der Waals surface area contributed by atoms with E-state index in [0.717, 1.165) is 38.2 Å². The maximum atomic E-state index is 9.65. The van der Waals surface area contributed by atoms with E-state index in [9.17, 15) is 5.11 Å². The number of aliphatic hydroxyl groups is 1. The standard InChI is InChI=1S/C13H25N3O2/c1-3-4-9-18-11-12(17)10-14-6-5-13-15-7-8-16(13)2/h7-8,12,14,17H,3-6,9-11H2,1-2H3. The number of unbranched alkanes of at least 4 members (excludes halogenated alkanes) is 1. The van der Waals surface area contributed by atoms with Gasteiger partial charge in [-0.1, -0.05) is 13.3 Å². The average molecular weight is 255 g/mol. The molecule has 0 aliphatic carbocycles. The number of aliphatic hydroxyl groups excluding tert-OH is 1. The number of hydrogen-bond donors (Lipinski definition) is 2. The molecule has 0 amide bonds. The normalized spacial score (nSPS) is 12.8. The first kappa shape index (κ1) is 15.1. The molecule has 1 aromatic rings. The van der Waals surface area contributed by atoms with Gasteiger partial charge in [0.1, 0.15) is 5.82 Å². The molecular weight excluding hydrogens is 230 g/mol. The molecule has 0 fully saturated rings. The zero-order valence-corrected chi connectivity index (χ0v) is 11.4. The molecule has 0 saturated heterocycles. The first-order valence-electron chi connectivity index (χ1n) is 6.66. The van der Waals surface area contributed by atoms with Crippen molar-refractivity contribution in [1.82, 2.24) is 14.9 Å². The molecule has 5 nitrogen and oxygen atoms in total. The van der Waals surface area contributed by atoms with Gasteiger partial charge in [0.05, 0.1) is 12.7 Å². The van der Waals surface area contributed by atoms with Gasteiger partial charge in [-0.2, -0.15) is 0 Å². The SMILES string of the molecule is CCCCOCC(O)CNCCc1nccn1C. The summed E-state index contributed by atoms with van der Waals surface area (Å²) in [6.45, 7) is 4.66. The van der Waals surface area contributed by atoms with Crippen molar-refractivity contribution in [2.24, 2.45) is 7.05 Å². The maximum absolute atomic E-state index is 9.65. The molecule has 0 saturated carbocycles. The Kier molecular flexibility index (Phi) is 7.64. The summed E-state index contributed by atoms with van der Waals surface area (Å²) in [5.74, 6) is 1.05. The minimum Gasteiger partial charge on any atom is -0.389 e. The van der Waals surface area contributed by atoms with Crippen molar-refractivity contribution in [2.45, 2.75) is 32.3 Å². The fourth-order valence-corrected chi connectivity index (χ4v) is 1.63. The highest BCUT2D eigenvalue weighted by Crippen LogP contribution is 1.94. The fourth-order valence-electron chi connectivity index (χ4n) is 1.63. The molecule has 1 aromatic heterocycles. The van der Waals surface area contributed by atoms with E-state index in [1.807, 2.05) is 17.8 Å². The highest BCUT2D eigenvalue weighted by Gasteiger charge is 2.04. The Hall–Kier alpha value is -0.910. The van der Waals surface area contributed by atoms with Crippen molar-refractivity contribution in [3.05, 3.63) is 18.2 Å². The van der Waals surface area contributed by atoms with E-state index in [-0.39, 0.29) is 0 Å². The summed E-state index contributed by atoms with van der Waals surface area (Å²) in [6.07, 6.45) is 6.35. The second-order valence-electron chi connectivity index (χ2n) is 4.49. The van der Waals surface area contributed by atoms with Gasteiger partial charge in [-0.3, -0.25) is 0 Å². The molecule has 5 heteroatoms. The number of hydrogen-bond acceptors (Lipinski definition) is 4. The smallest absolute Gasteiger partial charge is 0.109 e. The number of imidazole rings is 1. The molecule has 18 heavy (non-hydrogen) atoms. The monoisotopic (exact) mass is 255 g/mol. The highest BCUT2D eigenvalue weighted by molar-refractivity contribution is 4.91. The van der Waals surface area contributed by atoms with Crippen LogP contribution >= 0.6 is 0 Å². The summed E-state index contributed by atoms with van der Waals surface area (Å²) in [5, 5.41) is 12.9. The summed E-state index contributed by atoms with van der Waals surface area (Å²) >= 11 is 0. The van der Waals surface area contributed by atoms with Crippen LogP contribution in [-0.4, -0.2) is 47.1 Å². The highest BCUT2D eigenvalue weighted by atomic mass is 16.5. The summed E-state index contributed by atoms with van der Waals surface area (Å²) < 4.78 is 7.36. The van der Waals surface area contributed by atoms with E-state index < -0.39 is 6.10 Å². The van der Waals surface area contributed by atoms with Gasteiger partial charge in [0.25, 0.3) is 0 Å². The minimum absolute atomic E-state index is 0.412. The third-order valence-electron chi connectivity index (χ3n) is 2.78. The van der Waals surface area contributed by atoms with Crippen LogP contribution < -0.4 is 5.32 Å². The third-order valence-corrected chi connectivity index (χ3v) is 2.78. The van der Waals surface area contributed by atoms with Gasteiger partial charge in [-0.05, 0) is 6.42 Å². The second-order valence-corrected chi connectivity index (χ2v) is 4.49. The van der Waals surface area contributed by atoms with Crippen molar-refractivity contribution in [3.63, 3.8) is 0 Å². The number of nitrogens with one attached hydrogen (secondary N) is 1. The Morgan fingerprint density at radius 1 is 1.56 bits per heavy atom. The van der Waals surface area contributed by atoms with Crippen molar-refractivity contribution in [1.29, 1.82) is 0 Å². The summed E-state index contributed by atoms with van der Waals surface area (Å²) in [6, 6.07) is 0. The lowest BCUT2D eigenvalue weighted by molar-refractivity contribution is 0.0360. The summed E-state index contributed by atoms with van der Waals surface area (Å²) in [7, 11) is 1.98. The van der Waals surface area contributed by atoms with Gasteiger partial charge in [0.15, 0.2) is 0 Å². The molecule has 104 valence electrons. The van der Waals surface area contributed by atoms with Crippen LogP contribution in [0, 0.1) is 0 Å².